The monoisotopic (exact) mass is 351 g/mol. The molecule has 0 atom stereocenters. The lowest BCUT2D eigenvalue weighted by molar-refractivity contribution is 0.0951. The molecule has 0 radical (unpaired) electrons. The summed E-state index contributed by atoms with van der Waals surface area (Å²) >= 11 is 1.35. The van der Waals surface area contributed by atoms with Crippen molar-refractivity contribution in [1.29, 1.82) is 0 Å². The molecule has 0 spiro atoms. The fourth-order valence-electron chi connectivity index (χ4n) is 2.62. The third-order valence-electron chi connectivity index (χ3n) is 4.10. The zero-order chi connectivity index (χ0) is 17.2. The molecule has 0 unspecified atom stereocenters. The number of carbonyl (C=O) groups is 2. The molecule has 2 heterocycles. The number of hydrogen-bond donors (Lipinski definition) is 2. The SMILES string of the molecule is O=C(CSc1cc(C(=O)NC2CC2)c2ccccc2n1)c1ccc[nH]1. The molecular weight excluding hydrogens is 334 g/mol. The molecule has 6 heteroatoms. The van der Waals surface area contributed by atoms with E-state index in [9.17, 15) is 9.59 Å². The van der Waals surface area contributed by atoms with Crippen molar-refractivity contribution in [3.8, 4) is 0 Å². The smallest absolute Gasteiger partial charge is 0.252 e. The average molecular weight is 351 g/mol. The lowest BCUT2D eigenvalue weighted by Crippen LogP contribution is -2.25. The van der Waals surface area contributed by atoms with Crippen LogP contribution in [0.3, 0.4) is 0 Å². The van der Waals surface area contributed by atoms with E-state index in [1.54, 1.807) is 24.4 Å². The van der Waals surface area contributed by atoms with E-state index in [0.29, 0.717) is 22.3 Å². The van der Waals surface area contributed by atoms with Crippen molar-refractivity contribution in [1.82, 2.24) is 15.3 Å². The number of aromatic amines is 1. The Morgan fingerprint density at radius 1 is 1.20 bits per heavy atom. The minimum absolute atomic E-state index is 0.00828. The van der Waals surface area contributed by atoms with E-state index >= 15 is 0 Å². The molecule has 25 heavy (non-hydrogen) atoms. The molecule has 0 saturated heterocycles. The Labute approximate surface area is 149 Å². The van der Waals surface area contributed by atoms with Gasteiger partial charge in [0.1, 0.15) is 0 Å². The van der Waals surface area contributed by atoms with Gasteiger partial charge in [0.05, 0.1) is 27.6 Å². The first-order valence-electron chi connectivity index (χ1n) is 8.21. The third kappa shape index (κ3) is 3.58. The van der Waals surface area contributed by atoms with Gasteiger partial charge in [-0.25, -0.2) is 4.98 Å². The Balaban J connectivity index is 1.60. The van der Waals surface area contributed by atoms with Gasteiger partial charge in [-0.1, -0.05) is 30.0 Å². The van der Waals surface area contributed by atoms with Gasteiger partial charge in [0.15, 0.2) is 5.78 Å². The van der Waals surface area contributed by atoms with Crippen LogP contribution in [0.15, 0.2) is 53.7 Å². The lowest BCUT2D eigenvalue weighted by atomic mass is 10.1. The van der Waals surface area contributed by atoms with Gasteiger partial charge in [-0.05, 0) is 37.1 Å². The van der Waals surface area contributed by atoms with Crippen LogP contribution >= 0.6 is 11.8 Å². The first-order valence-corrected chi connectivity index (χ1v) is 9.19. The number of ketones is 1. The Kier molecular flexibility index (Phi) is 4.28. The molecule has 1 aliphatic rings. The minimum Gasteiger partial charge on any atom is -0.359 e. The first kappa shape index (κ1) is 15.9. The predicted molar refractivity (Wildman–Crippen MR) is 98.1 cm³/mol. The maximum Gasteiger partial charge on any atom is 0.252 e. The Bertz CT molecular complexity index is 933. The summed E-state index contributed by atoms with van der Waals surface area (Å²) in [6, 6.07) is 13.2. The molecule has 1 fully saturated rings. The predicted octanol–water partition coefficient (Wildman–Crippen LogP) is 3.43. The summed E-state index contributed by atoms with van der Waals surface area (Å²) in [6.45, 7) is 0. The average Bonchev–Trinajstić information content (AvgIpc) is 3.27. The van der Waals surface area contributed by atoms with Crippen LogP contribution < -0.4 is 5.32 Å². The van der Waals surface area contributed by atoms with Crippen LogP contribution in [-0.2, 0) is 0 Å². The molecule has 5 nitrogen and oxygen atoms in total. The fourth-order valence-corrected chi connectivity index (χ4v) is 3.42. The van der Waals surface area contributed by atoms with Gasteiger partial charge in [-0.2, -0.15) is 0 Å². The normalized spacial score (nSPS) is 13.8. The molecule has 2 aromatic heterocycles. The number of hydrogen-bond acceptors (Lipinski definition) is 4. The summed E-state index contributed by atoms with van der Waals surface area (Å²) in [5.74, 6) is 0.211. The number of pyridine rings is 1. The van der Waals surface area contributed by atoms with Crippen molar-refractivity contribution >= 4 is 34.4 Å². The number of rotatable bonds is 6. The van der Waals surface area contributed by atoms with Crippen LogP contribution in [0.5, 0.6) is 0 Å². The zero-order valence-electron chi connectivity index (χ0n) is 13.5. The van der Waals surface area contributed by atoms with Crippen LogP contribution in [-0.4, -0.2) is 33.5 Å². The number of nitrogens with one attached hydrogen (secondary N) is 2. The van der Waals surface area contributed by atoms with Gasteiger partial charge in [0.25, 0.3) is 5.91 Å². The lowest BCUT2D eigenvalue weighted by Gasteiger charge is -2.09. The second kappa shape index (κ2) is 6.72. The van der Waals surface area contributed by atoms with Crippen molar-refractivity contribution in [3.05, 3.63) is 59.9 Å². The third-order valence-corrected chi connectivity index (χ3v) is 5.01. The number of amides is 1. The molecule has 2 N–H and O–H groups in total. The molecule has 3 aromatic rings. The van der Waals surface area contributed by atoms with Crippen LogP contribution in [0.4, 0.5) is 0 Å². The molecule has 1 amide bonds. The highest BCUT2D eigenvalue weighted by molar-refractivity contribution is 7.99. The number of para-hydroxylation sites is 1. The maximum atomic E-state index is 12.6. The number of nitrogens with zero attached hydrogens (tertiary/aromatic N) is 1. The van der Waals surface area contributed by atoms with Crippen LogP contribution in [0.25, 0.3) is 10.9 Å². The van der Waals surface area contributed by atoms with Gasteiger partial charge >= 0.3 is 0 Å². The second-order valence-corrected chi connectivity index (χ2v) is 7.06. The van der Waals surface area contributed by atoms with Gasteiger partial charge in [-0.3, -0.25) is 9.59 Å². The first-order chi connectivity index (χ1) is 12.2. The molecule has 1 saturated carbocycles. The Morgan fingerprint density at radius 3 is 2.80 bits per heavy atom. The summed E-state index contributed by atoms with van der Waals surface area (Å²) in [7, 11) is 0. The molecule has 0 aliphatic heterocycles. The van der Waals surface area contributed by atoms with Crippen LogP contribution in [0, 0.1) is 0 Å². The van der Waals surface area contributed by atoms with Crippen molar-refractivity contribution in [2.45, 2.75) is 23.9 Å². The number of benzene rings is 1. The van der Waals surface area contributed by atoms with Crippen LogP contribution in [0.1, 0.15) is 33.7 Å². The van der Waals surface area contributed by atoms with E-state index in [1.807, 2.05) is 24.3 Å². The van der Waals surface area contributed by atoms with Crippen molar-refractivity contribution in [2.24, 2.45) is 0 Å². The summed E-state index contributed by atoms with van der Waals surface area (Å²) < 4.78 is 0. The van der Waals surface area contributed by atoms with E-state index in [1.165, 1.54) is 11.8 Å². The summed E-state index contributed by atoms with van der Waals surface area (Å²) in [5, 5.41) is 4.54. The number of carbonyl (C=O) groups excluding carboxylic acids is 2. The molecule has 0 bridgehead atoms. The molecule has 1 aliphatic carbocycles. The quantitative estimate of drug-likeness (QED) is 0.527. The second-order valence-electron chi connectivity index (χ2n) is 6.07. The minimum atomic E-state index is -0.0707. The topological polar surface area (TPSA) is 74.8 Å². The van der Waals surface area contributed by atoms with Crippen LogP contribution in [0.2, 0.25) is 0 Å². The summed E-state index contributed by atoms with van der Waals surface area (Å²) in [5.41, 5.74) is 1.97. The molecule has 126 valence electrons. The Morgan fingerprint density at radius 2 is 2.04 bits per heavy atom. The van der Waals surface area contributed by atoms with Crippen molar-refractivity contribution in [3.63, 3.8) is 0 Å². The van der Waals surface area contributed by atoms with Gasteiger partial charge in [-0.15, -0.1) is 0 Å². The number of Topliss-reactive ketones (excluding diaryl/α,β-unsaturated/α-hetero) is 1. The van der Waals surface area contributed by atoms with Crippen molar-refractivity contribution < 1.29 is 9.59 Å². The highest BCUT2D eigenvalue weighted by atomic mass is 32.2. The molecule has 1 aromatic carbocycles. The van der Waals surface area contributed by atoms with Gasteiger partial charge in [0, 0.05) is 17.6 Å². The van der Waals surface area contributed by atoms with E-state index in [-0.39, 0.29) is 17.4 Å². The van der Waals surface area contributed by atoms with Gasteiger partial charge in [0.2, 0.25) is 0 Å². The highest BCUT2D eigenvalue weighted by Crippen LogP contribution is 2.26. The summed E-state index contributed by atoms with van der Waals surface area (Å²) in [4.78, 5) is 32.2. The van der Waals surface area contributed by atoms with E-state index < -0.39 is 0 Å². The fraction of sp³-hybridized carbons (Fsp3) is 0.211. The molecular formula is C19H17N3O2S. The number of thioether (sulfide) groups is 1. The number of aromatic nitrogens is 2. The van der Waals surface area contributed by atoms with E-state index in [4.69, 9.17) is 0 Å². The number of fused-ring (bicyclic) bond motifs is 1. The van der Waals surface area contributed by atoms with E-state index in [2.05, 4.69) is 15.3 Å². The standard InChI is InChI=1S/C19H17N3O2S/c23-17(16-6-3-9-20-16)11-25-18-10-14(19(24)21-12-7-8-12)13-4-1-2-5-15(13)22-18/h1-6,9-10,12,20H,7-8,11H2,(H,21,24). The largest absolute Gasteiger partial charge is 0.359 e. The Hall–Kier alpha value is -2.60. The number of H-pyrrole nitrogens is 1. The zero-order valence-corrected chi connectivity index (χ0v) is 14.3. The van der Waals surface area contributed by atoms with Gasteiger partial charge < -0.3 is 10.3 Å². The highest BCUT2D eigenvalue weighted by Gasteiger charge is 2.25. The van der Waals surface area contributed by atoms with Crippen molar-refractivity contribution in [2.75, 3.05) is 5.75 Å². The summed E-state index contributed by atoms with van der Waals surface area (Å²) in [6.07, 6.45) is 3.81. The molecule has 4 rings (SSSR count). The van der Waals surface area contributed by atoms with E-state index in [0.717, 1.165) is 23.7 Å². The maximum absolute atomic E-state index is 12.6.